The Hall–Kier alpha value is 0.400. The number of hydrogen-bond acceptors (Lipinski definition) is 0. The van der Waals surface area contributed by atoms with Gasteiger partial charge in [0.1, 0.15) is 0 Å². The van der Waals surface area contributed by atoms with Crippen LogP contribution in [0.5, 0.6) is 0 Å². The maximum atomic E-state index is 3.54. The van der Waals surface area contributed by atoms with Crippen LogP contribution in [-0.2, 0) is 0 Å². The number of aromatic nitrogens is 1. The molecule has 1 unspecified atom stereocenters. The Labute approximate surface area is 101 Å². The van der Waals surface area contributed by atoms with E-state index in [-0.39, 0.29) is 0 Å². The van der Waals surface area contributed by atoms with E-state index in [2.05, 4.69) is 77.5 Å². The molecule has 0 bridgehead atoms. The average molecular weight is 368 g/mol. The fourth-order valence-corrected chi connectivity index (χ4v) is 3.07. The highest BCUT2D eigenvalue weighted by atomic mass is 127. The first-order valence-corrected chi connectivity index (χ1v) is 6.20. The lowest BCUT2D eigenvalue weighted by Gasteiger charge is -2.00. The summed E-state index contributed by atoms with van der Waals surface area (Å²) in [5.74, 6) is 0. The third-order valence-electron chi connectivity index (χ3n) is 2.06. The van der Waals surface area contributed by atoms with Gasteiger partial charge in [-0.1, -0.05) is 15.9 Å². The van der Waals surface area contributed by atoms with Crippen LogP contribution < -0.4 is 0 Å². The molecule has 1 nitrogen and oxygen atoms in total. The van der Waals surface area contributed by atoms with Crippen molar-refractivity contribution in [3.05, 3.63) is 31.9 Å². The van der Waals surface area contributed by atoms with Crippen LogP contribution in [0.4, 0.5) is 0 Å². The molecular formula is C9H8BrINP. The summed E-state index contributed by atoms with van der Waals surface area (Å²) in [6.07, 6.45) is 2.11. The van der Waals surface area contributed by atoms with Crippen molar-refractivity contribution in [3.8, 4) is 0 Å². The maximum absolute atomic E-state index is 3.54. The van der Waals surface area contributed by atoms with Crippen LogP contribution >= 0.6 is 47.9 Å². The number of rotatable bonds is 0. The lowest BCUT2D eigenvalue weighted by molar-refractivity contribution is 1.33. The second-order valence-electron chi connectivity index (χ2n) is 3.00. The minimum atomic E-state index is 1.18. The molecule has 0 aliphatic rings. The van der Waals surface area contributed by atoms with Gasteiger partial charge in [-0.2, -0.15) is 0 Å². The maximum Gasteiger partial charge on any atom is 0.0523 e. The van der Waals surface area contributed by atoms with E-state index in [4.69, 9.17) is 0 Å². The van der Waals surface area contributed by atoms with Crippen molar-refractivity contribution in [2.45, 2.75) is 6.92 Å². The van der Waals surface area contributed by atoms with Gasteiger partial charge in [-0.25, -0.2) is 0 Å². The van der Waals surface area contributed by atoms with E-state index < -0.39 is 0 Å². The highest BCUT2D eigenvalue weighted by Gasteiger charge is 2.06. The molecule has 1 heterocycles. The highest BCUT2D eigenvalue weighted by molar-refractivity contribution is 14.1. The SMILES string of the molecule is Cc1cc2c(cc1Br)c(I)cn2P. The molecule has 0 saturated heterocycles. The van der Waals surface area contributed by atoms with E-state index in [1.165, 1.54) is 24.5 Å². The largest absolute Gasteiger partial charge is 0.331 e. The predicted octanol–water partition coefficient (Wildman–Crippen LogP) is 3.96. The van der Waals surface area contributed by atoms with Crippen LogP contribution in [0.1, 0.15) is 5.56 Å². The topological polar surface area (TPSA) is 4.93 Å². The quantitative estimate of drug-likeness (QED) is 0.490. The van der Waals surface area contributed by atoms with E-state index in [1.54, 1.807) is 0 Å². The van der Waals surface area contributed by atoms with Crippen LogP contribution in [-0.4, -0.2) is 4.34 Å². The second-order valence-corrected chi connectivity index (χ2v) is 5.58. The normalized spacial score (nSPS) is 11.1. The van der Waals surface area contributed by atoms with Crippen LogP contribution in [0.25, 0.3) is 10.9 Å². The van der Waals surface area contributed by atoms with E-state index in [1.807, 2.05) is 0 Å². The molecule has 0 saturated carbocycles. The molecule has 0 fully saturated rings. The van der Waals surface area contributed by atoms with Crippen molar-refractivity contribution >= 4 is 58.8 Å². The van der Waals surface area contributed by atoms with E-state index in [0.29, 0.717) is 0 Å². The van der Waals surface area contributed by atoms with Crippen LogP contribution in [0.15, 0.2) is 22.8 Å². The van der Waals surface area contributed by atoms with E-state index >= 15 is 0 Å². The number of hydrogen-bond donors (Lipinski definition) is 0. The van der Waals surface area contributed by atoms with Crippen LogP contribution in [0.2, 0.25) is 0 Å². The van der Waals surface area contributed by atoms with Gasteiger partial charge in [-0.3, -0.25) is 0 Å². The minimum absolute atomic E-state index is 1.18. The van der Waals surface area contributed by atoms with Gasteiger partial charge in [0.15, 0.2) is 0 Å². The lowest BCUT2D eigenvalue weighted by Crippen LogP contribution is -1.79. The fraction of sp³-hybridized carbons (Fsp3) is 0.111. The van der Waals surface area contributed by atoms with E-state index in [9.17, 15) is 0 Å². The second kappa shape index (κ2) is 3.52. The first-order chi connectivity index (χ1) is 6.09. The number of fused-ring (bicyclic) bond motifs is 1. The Kier molecular flexibility index (Phi) is 2.69. The summed E-state index contributed by atoms with van der Waals surface area (Å²) in [6, 6.07) is 4.36. The summed E-state index contributed by atoms with van der Waals surface area (Å²) in [7, 11) is 2.70. The van der Waals surface area contributed by atoms with Gasteiger partial charge < -0.3 is 4.34 Å². The summed E-state index contributed by atoms with van der Waals surface area (Å²) in [6.45, 7) is 2.11. The smallest absolute Gasteiger partial charge is 0.0523 e. The lowest BCUT2D eigenvalue weighted by atomic mass is 10.2. The van der Waals surface area contributed by atoms with Crippen molar-refractivity contribution in [2.24, 2.45) is 0 Å². The summed E-state index contributed by atoms with van der Waals surface area (Å²) < 4.78 is 4.54. The number of aryl methyl sites for hydroxylation is 1. The van der Waals surface area contributed by atoms with Crippen molar-refractivity contribution in [3.63, 3.8) is 0 Å². The Morgan fingerprint density at radius 2 is 2.15 bits per heavy atom. The molecule has 1 atom stereocenters. The third-order valence-corrected chi connectivity index (χ3v) is 4.21. The molecule has 0 aliphatic carbocycles. The number of halogens is 2. The molecule has 68 valence electrons. The number of nitrogens with zero attached hydrogens (tertiary/aromatic N) is 1. The Morgan fingerprint density at radius 1 is 1.46 bits per heavy atom. The third kappa shape index (κ3) is 1.66. The summed E-state index contributed by atoms with van der Waals surface area (Å²) in [5, 5.41) is 1.30. The van der Waals surface area contributed by atoms with Crippen LogP contribution in [0, 0.1) is 10.5 Å². The molecule has 2 rings (SSSR count). The van der Waals surface area contributed by atoms with Gasteiger partial charge >= 0.3 is 0 Å². The van der Waals surface area contributed by atoms with Gasteiger partial charge in [0.2, 0.25) is 0 Å². The fourth-order valence-electron chi connectivity index (χ4n) is 1.33. The van der Waals surface area contributed by atoms with Crippen molar-refractivity contribution in [1.82, 2.24) is 4.34 Å². The molecule has 1 aromatic heterocycles. The molecule has 0 spiro atoms. The first kappa shape index (κ1) is 9.94. The predicted molar refractivity (Wildman–Crippen MR) is 72.2 cm³/mol. The van der Waals surface area contributed by atoms with Gasteiger partial charge in [0.05, 0.1) is 5.52 Å². The summed E-state index contributed by atoms with van der Waals surface area (Å²) in [4.78, 5) is 0. The zero-order valence-electron chi connectivity index (χ0n) is 7.01. The molecular weight excluding hydrogens is 360 g/mol. The molecule has 0 N–H and O–H groups in total. The Morgan fingerprint density at radius 3 is 2.85 bits per heavy atom. The average Bonchev–Trinajstić information content (AvgIpc) is 2.31. The molecule has 0 aliphatic heterocycles. The molecule has 1 aromatic carbocycles. The molecule has 2 aromatic rings. The van der Waals surface area contributed by atoms with E-state index in [0.717, 1.165) is 0 Å². The first-order valence-electron chi connectivity index (χ1n) is 3.81. The van der Waals surface area contributed by atoms with Crippen LogP contribution in [0.3, 0.4) is 0 Å². The Balaban J connectivity index is 2.91. The monoisotopic (exact) mass is 367 g/mol. The summed E-state index contributed by atoms with van der Waals surface area (Å²) >= 11 is 5.89. The molecule has 0 radical (unpaired) electrons. The van der Waals surface area contributed by atoms with Crippen molar-refractivity contribution in [1.29, 1.82) is 0 Å². The zero-order chi connectivity index (χ0) is 9.59. The van der Waals surface area contributed by atoms with Crippen molar-refractivity contribution < 1.29 is 0 Å². The van der Waals surface area contributed by atoms with Gasteiger partial charge in [-0.05, 0) is 56.6 Å². The highest BCUT2D eigenvalue weighted by Crippen LogP contribution is 2.29. The molecule has 13 heavy (non-hydrogen) atoms. The van der Waals surface area contributed by atoms with Gasteiger partial charge in [0, 0.05) is 19.6 Å². The number of benzene rings is 1. The summed E-state index contributed by atoms with van der Waals surface area (Å²) in [5.41, 5.74) is 2.53. The zero-order valence-corrected chi connectivity index (χ0v) is 11.9. The molecule has 4 heteroatoms. The van der Waals surface area contributed by atoms with Crippen molar-refractivity contribution in [2.75, 3.05) is 0 Å². The minimum Gasteiger partial charge on any atom is -0.331 e. The van der Waals surface area contributed by atoms with Gasteiger partial charge in [-0.15, -0.1) is 0 Å². The Bertz CT molecular complexity index is 436. The molecule has 0 amide bonds. The standard InChI is InChI=1S/C9H8BrINP/c1-5-2-9-6(3-7(5)10)8(11)4-12(9)13/h2-4H,13H2,1H3. The van der Waals surface area contributed by atoms with Gasteiger partial charge in [0.25, 0.3) is 0 Å².